The number of aromatic nitrogens is 2. The molecule has 0 radical (unpaired) electrons. The molecule has 1 aromatic rings. The highest BCUT2D eigenvalue weighted by Gasteiger charge is 2.29. The Morgan fingerprint density at radius 3 is 2.90 bits per heavy atom. The quantitative estimate of drug-likeness (QED) is 0.889. The number of likely N-dealkylation sites (tertiary alicyclic amines) is 1. The molecule has 2 amide bonds. The van der Waals surface area contributed by atoms with Gasteiger partial charge in [0.05, 0.1) is 18.7 Å². The number of hydrogen-bond acceptors (Lipinski definition) is 5. The van der Waals surface area contributed by atoms with Gasteiger partial charge < -0.3 is 15.0 Å². The van der Waals surface area contributed by atoms with Gasteiger partial charge in [0.1, 0.15) is 0 Å². The fourth-order valence-corrected chi connectivity index (χ4v) is 2.28. The summed E-state index contributed by atoms with van der Waals surface area (Å²) in [6.45, 7) is 0.883. The molecule has 0 aliphatic carbocycles. The van der Waals surface area contributed by atoms with Crippen molar-refractivity contribution in [3.05, 3.63) is 21.9 Å². The molecule has 1 aliphatic heterocycles. The van der Waals surface area contributed by atoms with Gasteiger partial charge in [-0.25, -0.2) is 4.79 Å². The maximum atomic E-state index is 12.3. The molecule has 0 aromatic carbocycles. The van der Waals surface area contributed by atoms with E-state index in [1.165, 1.54) is 13.2 Å². The number of nitrogens with zero attached hydrogens (tertiary/aromatic N) is 3. The van der Waals surface area contributed by atoms with Crippen molar-refractivity contribution in [2.75, 3.05) is 20.2 Å². The lowest BCUT2D eigenvalue weighted by Crippen LogP contribution is -2.38. The molecule has 2 rings (SSSR count). The Kier molecular flexibility index (Phi) is 4.61. The van der Waals surface area contributed by atoms with Gasteiger partial charge in [-0.15, -0.1) is 10.2 Å². The number of halogens is 2. The van der Waals surface area contributed by atoms with Crippen LogP contribution in [0.3, 0.4) is 0 Å². The van der Waals surface area contributed by atoms with Crippen LogP contribution in [0.15, 0.2) is 6.07 Å². The van der Waals surface area contributed by atoms with E-state index in [2.05, 4.69) is 20.3 Å². The number of ether oxygens (including phenoxy) is 1. The highest BCUT2D eigenvalue weighted by Crippen LogP contribution is 2.20. The van der Waals surface area contributed by atoms with Crippen LogP contribution < -0.4 is 5.32 Å². The zero-order valence-corrected chi connectivity index (χ0v) is 12.1. The average molecular weight is 319 g/mol. The SMILES string of the molecule is COC(=O)NC1CCN(C(=O)c2cc(Cl)nnc2Cl)C1. The number of nitrogens with one attached hydrogen (secondary N) is 1. The van der Waals surface area contributed by atoms with Crippen molar-refractivity contribution in [3.8, 4) is 0 Å². The summed E-state index contributed by atoms with van der Waals surface area (Å²) in [5.41, 5.74) is 0.199. The second-order valence-corrected chi connectivity index (χ2v) is 4.99. The molecule has 0 bridgehead atoms. The first kappa shape index (κ1) is 14.8. The standard InChI is InChI=1S/C11H12Cl2N4O3/c1-20-11(19)14-6-2-3-17(5-6)10(18)7-4-8(12)15-16-9(7)13/h4,6H,2-3,5H2,1H3,(H,14,19). The largest absolute Gasteiger partial charge is 0.453 e. The van der Waals surface area contributed by atoms with E-state index in [0.29, 0.717) is 19.5 Å². The molecule has 7 nitrogen and oxygen atoms in total. The van der Waals surface area contributed by atoms with Gasteiger partial charge >= 0.3 is 6.09 Å². The van der Waals surface area contributed by atoms with E-state index >= 15 is 0 Å². The fourth-order valence-electron chi connectivity index (χ4n) is 1.96. The number of methoxy groups -OCH3 is 1. The Morgan fingerprint density at radius 2 is 2.20 bits per heavy atom. The molecule has 1 fully saturated rings. The van der Waals surface area contributed by atoms with Gasteiger partial charge in [0.2, 0.25) is 0 Å². The second kappa shape index (κ2) is 6.23. The molecule has 1 atom stereocenters. The summed E-state index contributed by atoms with van der Waals surface area (Å²) in [5.74, 6) is -0.291. The summed E-state index contributed by atoms with van der Waals surface area (Å²) in [6, 6.07) is 1.23. The van der Waals surface area contributed by atoms with Gasteiger partial charge in [-0.3, -0.25) is 4.79 Å². The Hall–Kier alpha value is -1.60. The summed E-state index contributed by atoms with van der Waals surface area (Å²) in [5, 5.41) is 9.90. The fraction of sp³-hybridized carbons (Fsp3) is 0.455. The van der Waals surface area contributed by atoms with Crippen LogP contribution in [0, 0.1) is 0 Å². The molecular weight excluding hydrogens is 307 g/mol. The van der Waals surface area contributed by atoms with Gasteiger partial charge in [-0.05, 0) is 12.5 Å². The Morgan fingerprint density at radius 1 is 1.45 bits per heavy atom. The third-order valence-corrected chi connectivity index (χ3v) is 3.40. The molecule has 0 spiro atoms. The number of amides is 2. The van der Waals surface area contributed by atoms with Crippen molar-refractivity contribution in [1.29, 1.82) is 0 Å². The van der Waals surface area contributed by atoms with Crippen LogP contribution >= 0.6 is 23.2 Å². The van der Waals surface area contributed by atoms with E-state index in [1.54, 1.807) is 4.90 Å². The zero-order valence-electron chi connectivity index (χ0n) is 10.6. The monoisotopic (exact) mass is 318 g/mol. The van der Waals surface area contributed by atoms with Gasteiger partial charge in [0, 0.05) is 13.1 Å². The molecule has 0 saturated carbocycles. The zero-order chi connectivity index (χ0) is 14.7. The number of carbonyl (C=O) groups is 2. The van der Waals surface area contributed by atoms with Crippen LogP contribution in [0.4, 0.5) is 4.79 Å². The molecule has 9 heteroatoms. The molecular formula is C11H12Cl2N4O3. The maximum absolute atomic E-state index is 12.3. The third-order valence-electron chi connectivity index (χ3n) is 2.93. The first-order valence-corrected chi connectivity index (χ1v) is 6.59. The molecule has 20 heavy (non-hydrogen) atoms. The van der Waals surface area contributed by atoms with Crippen molar-refractivity contribution in [2.24, 2.45) is 0 Å². The van der Waals surface area contributed by atoms with Gasteiger partial charge in [-0.1, -0.05) is 23.2 Å². The lowest BCUT2D eigenvalue weighted by molar-refractivity contribution is 0.0787. The molecule has 2 heterocycles. The Balaban J connectivity index is 2.04. The predicted octanol–water partition coefficient (Wildman–Crippen LogP) is 1.35. The molecule has 108 valence electrons. The van der Waals surface area contributed by atoms with Gasteiger partial charge in [0.15, 0.2) is 10.3 Å². The smallest absolute Gasteiger partial charge is 0.407 e. The van der Waals surface area contributed by atoms with E-state index < -0.39 is 6.09 Å². The highest BCUT2D eigenvalue weighted by molar-refractivity contribution is 6.34. The highest BCUT2D eigenvalue weighted by atomic mass is 35.5. The van der Waals surface area contributed by atoms with E-state index in [9.17, 15) is 9.59 Å². The molecule has 1 saturated heterocycles. The lowest BCUT2D eigenvalue weighted by atomic mass is 10.2. The molecule has 1 N–H and O–H groups in total. The molecule has 1 unspecified atom stereocenters. The van der Waals surface area contributed by atoms with E-state index in [1.807, 2.05) is 0 Å². The normalized spacial score (nSPS) is 17.9. The first-order chi connectivity index (χ1) is 9.51. The van der Waals surface area contributed by atoms with Crippen LogP contribution in [-0.2, 0) is 4.74 Å². The van der Waals surface area contributed by atoms with E-state index in [0.717, 1.165) is 0 Å². The Labute approximate surface area is 125 Å². The summed E-state index contributed by atoms with van der Waals surface area (Å²) < 4.78 is 4.52. The molecule has 1 aromatic heterocycles. The van der Waals surface area contributed by atoms with Crippen molar-refractivity contribution in [1.82, 2.24) is 20.4 Å². The van der Waals surface area contributed by atoms with Crippen molar-refractivity contribution < 1.29 is 14.3 Å². The summed E-state index contributed by atoms with van der Waals surface area (Å²) >= 11 is 11.6. The van der Waals surface area contributed by atoms with Crippen LogP contribution in [0.2, 0.25) is 10.3 Å². The van der Waals surface area contributed by atoms with Gasteiger partial charge in [-0.2, -0.15) is 0 Å². The maximum Gasteiger partial charge on any atom is 0.407 e. The minimum Gasteiger partial charge on any atom is -0.453 e. The second-order valence-electron chi connectivity index (χ2n) is 4.24. The first-order valence-electron chi connectivity index (χ1n) is 5.83. The minimum atomic E-state index is -0.518. The third kappa shape index (κ3) is 3.29. The number of alkyl carbamates (subject to hydrolysis) is 1. The predicted molar refractivity (Wildman–Crippen MR) is 71.9 cm³/mol. The van der Waals surface area contributed by atoms with Crippen LogP contribution in [0.5, 0.6) is 0 Å². The topological polar surface area (TPSA) is 84.4 Å². The number of hydrogen-bond donors (Lipinski definition) is 1. The van der Waals surface area contributed by atoms with Crippen molar-refractivity contribution >= 4 is 35.2 Å². The number of rotatable bonds is 2. The summed E-state index contributed by atoms with van der Waals surface area (Å²) in [6.07, 6.45) is 0.126. The summed E-state index contributed by atoms with van der Waals surface area (Å²) in [7, 11) is 1.29. The van der Waals surface area contributed by atoms with Crippen LogP contribution in [-0.4, -0.2) is 53.3 Å². The lowest BCUT2D eigenvalue weighted by Gasteiger charge is -2.17. The van der Waals surface area contributed by atoms with Gasteiger partial charge in [0.25, 0.3) is 5.91 Å². The molecule has 1 aliphatic rings. The van der Waals surface area contributed by atoms with E-state index in [-0.39, 0.29) is 27.8 Å². The van der Waals surface area contributed by atoms with Crippen molar-refractivity contribution in [2.45, 2.75) is 12.5 Å². The summed E-state index contributed by atoms with van der Waals surface area (Å²) in [4.78, 5) is 25.0. The number of carbonyl (C=O) groups excluding carboxylic acids is 2. The Bertz CT molecular complexity index is 540. The average Bonchev–Trinajstić information content (AvgIpc) is 2.89. The van der Waals surface area contributed by atoms with Crippen LogP contribution in [0.1, 0.15) is 16.8 Å². The minimum absolute atomic E-state index is 0.00350. The van der Waals surface area contributed by atoms with Crippen molar-refractivity contribution in [3.63, 3.8) is 0 Å². The van der Waals surface area contributed by atoms with Crippen LogP contribution in [0.25, 0.3) is 0 Å². The van der Waals surface area contributed by atoms with E-state index in [4.69, 9.17) is 23.2 Å².